The van der Waals surface area contributed by atoms with Crippen molar-refractivity contribution in [2.45, 2.75) is 26.1 Å². The van der Waals surface area contributed by atoms with Crippen molar-refractivity contribution in [2.24, 2.45) is 5.73 Å². The number of hydrogen-bond acceptors (Lipinski definition) is 3. The van der Waals surface area contributed by atoms with E-state index < -0.39 is 0 Å². The van der Waals surface area contributed by atoms with Crippen molar-refractivity contribution in [2.75, 3.05) is 6.54 Å². The summed E-state index contributed by atoms with van der Waals surface area (Å²) < 4.78 is 0. The minimum Gasteiger partial charge on any atom is -0.392 e. The maximum absolute atomic E-state index is 9.05. The standard InChI is InChI=1S/C11H18N2O/c1-9(14)7-13-8-11-4-2-3-10(5-11)6-12/h2-5,9,13-14H,6-8,12H2,1H3. The Morgan fingerprint density at radius 2 is 2.14 bits per heavy atom. The van der Waals surface area contributed by atoms with Gasteiger partial charge in [0, 0.05) is 19.6 Å². The van der Waals surface area contributed by atoms with Crippen molar-refractivity contribution in [1.29, 1.82) is 0 Å². The molecule has 4 N–H and O–H groups in total. The molecule has 0 aliphatic heterocycles. The summed E-state index contributed by atoms with van der Waals surface area (Å²) in [5.41, 5.74) is 7.88. The van der Waals surface area contributed by atoms with E-state index in [1.54, 1.807) is 6.92 Å². The Labute approximate surface area is 84.9 Å². The van der Waals surface area contributed by atoms with Crippen LogP contribution in [0, 0.1) is 0 Å². The van der Waals surface area contributed by atoms with Gasteiger partial charge in [-0.3, -0.25) is 0 Å². The number of nitrogens with one attached hydrogen (secondary N) is 1. The van der Waals surface area contributed by atoms with Gasteiger partial charge in [0.2, 0.25) is 0 Å². The second-order valence-electron chi connectivity index (χ2n) is 3.50. The van der Waals surface area contributed by atoms with Gasteiger partial charge in [0.1, 0.15) is 0 Å². The second kappa shape index (κ2) is 5.75. The van der Waals surface area contributed by atoms with E-state index in [1.807, 2.05) is 18.2 Å². The highest BCUT2D eigenvalue weighted by Crippen LogP contribution is 2.03. The molecule has 0 bridgehead atoms. The molecule has 14 heavy (non-hydrogen) atoms. The Kier molecular flexibility index (Phi) is 4.59. The lowest BCUT2D eigenvalue weighted by molar-refractivity contribution is 0.191. The molecule has 3 nitrogen and oxygen atoms in total. The molecular formula is C11H18N2O. The van der Waals surface area contributed by atoms with E-state index in [9.17, 15) is 0 Å². The van der Waals surface area contributed by atoms with Crippen LogP contribution in [0.25, 0.3) is 0 Å². The number of aliphatic hydroxyl groups is 1. The predicted octanol–water partition coefficient (Wildman–Crippen LogP) is 0.616. The summed E-state index contributed by atoms with van der Waals surface area (Å²) in [5, 5.41) is 12.2. The first-order chi connectivity index (χ1) is 6.72. The first kappa shape index (κ1) is 11.2. The van der Waals surface area contributed by atoms with E-state index in [0.717, 1.165) is 12.1 Å². The molecule has 0 aromatic heterocycles. The number of rotatable bonds is 5. The fourth-order valence-electron chi connectivity index (χ4n) is 1.29. The molecule has 0 aliphatic rings. The molecule has 0 radical (unpaired) electrons. The number of aliphatic hydroxyl groups excluding tert-OH is 1. The topological polar surface area (TPSA) is 58.3 Å². The SMILES string of the molecule is CC(O)CNCc1cccc(CN)c1. The molecule has 78 valence electrons. The molecular weight excluding hydrogens is 176 g/mol. The molecule has 1 aromatic rings. The molecule has 0 amide bonds. The van der Waals surface area contributed by atoms with Gasteiger partial charge in [-0.25, -0.2) is 0 Å². The van der Waals surface area contributed by atoms with Crippen molar-refractivity contribution in [3.63, 3.8) is 0 Å². The maximum Gasteiger partial charge on any atom is 0.0636 e. The van der Waals surface area contributed by atoms with Crippen molar-refractivity contribution in [1.82, 2.24) is 5.32 Å². The highest BCUT2D eigenvalue weighted by Gasteiger charge is 1.96. The van der Waals surface area contributed by atoms with E-state index in [1.165, 1.54) is 5.56 Å². The maximum atomic E-state index is 9.05. The minimum absolute atomic E-state index is 0.298. The molecule has 3 heteroatoms. The van der Waals surface area contributed by atoms with E-state index in [-0.39, 0.29) is 6.10 Å². The summed E-state index contributed by atoms with van der Waals surface area (Å²) in [6.07, 6.45) is -0.298. The third kappa shape index (κ3) is 3.87. The van der Waals surface area contributed by atoms with Crippen LogP contribution < -0.4 is 11.1 Å². The van der Waals surface area contributed by atoms with Crippen molar-refractivity contribution >= 4 is 0 Å². The Hall–Kier alpha value is -0.900. The molecule has 1 rings (SSSR count). The van der Waals surface area contributed by atoms with Crippen LogP contribution >= 0.6 is 0 Å². The van der Waals surface area contributed by atoms with E-state index in [4.69, 9.17) is 10.8 Å². The summed E-state index contributed by atoms with van der Waals surface area (Å²) in [6, 6.07) is 8.14. The van der Waals surface area contributed by atoms with Gasteiger partial charge in [-0.2, -0.15) is 0 Å². The summed E-state index contributed by atoms with van der Waals surface area (Å²) in [5.74, 6) is 0. The van der Waals surface area contributed by atoms with Crippen molar-refractivity contribution < 1.29 is 5.11 Å². The number of hydrogen-bond donors (Lipinski definition) is 3. The predicted molar refractivity (Wildman–Crippen MR) is 57.7 cm³/mol. The lowest BCUT2D eigenvalue weighted by Gasteiger charge is -2.07. The Morgan fingerprint density at radius 1 is 1.43 bits per heavy atom. The van der Waals surface area contributed by atoms with Crippen LogP contribution in [0.5, 0.6) is 0 Å². The molecule has 1 atom stereocenters. The first-order valence-electron chi connectivity index (χ1n) is 4.89. The largest absolute Gasteiger partial charge is 0.392 e. The molecule has 0 heterocycles. The van der Waals surface area contributed by atoms with Gasteiger partial charge in [-0.15, -0.1) is 0 Å². The van der Waals surface area contributed by atoms with Crippen LogP contribution in [0.1, 0.15) is 18.1 Å². The third-order valence-electron chi connectivity index (χ3n) is 2.00. The Bertz CT molecular complexity index is 274. The smallest absolute Gasteiger partial charge is 0.0636 e. The minimum atomic E-state index is -0.298. The van der Waals surface area contributed by atoms with Crippen LogP contribution in [0.4, 0.5) is 0 Å². The van der Waals surface area contributed by atoms with Crippen molar-refractivity contribution in [3.05, 3.63) is 35.4 Å². The van der Waals surface area contributed by atoms with E-state index in [0.29, 0.717) is 13.1 Å². The zero-order valence-electron chi connectivity index (χ0n) is 8.53. The highest BCUT2D eigenvalue weighted by molar-refractivity contribution is 5.23. The normalized spacial score (nSPS) is 12.8. The number of benzene rings is 1. The Balaban J connectivity index is 2.42. The highest BCUT2D eigenvalue weighted by atomic mass is 16.3. The van der Waals surface area contributed by atoms with Gasteiger partial charge >= 0.3 is 0 Å². The molecule has 0 aliphatic carbocycles. The van der Waals surface area contributed by atoms with Gasteiger partial charge in [-0.05, 0) is 18.1 Å². The molecule has 0 saturated carbocycles. The summed E-state index contributed by atoms with van der Waals surface area (Å²) in [7, 11) is 0. The summed E-state index contributed by atoms with van der Waals surface area (Å²) >= 11 is 0. The lowest BCUT2D eigenvalue weighted by atomic mass is 10.1. The Morgan fingerprint density at radius 3 is 2.79 bits per heavy atom. The average molecular weight is 194 g/mol. The van der Waals surface area contributed by atoms with E-state index in [2.05, 4.69) is 11.4 Å². The third-order valence-corrected chi connectivity index (χ3v) is 2.00. The first-order valence-corrected chi connectivity index (χ1v) is 4.89. The molecule has 0 spiro atoms. The quantitative estimate of drug-likeness (QED) is 0.644. The second-order valence-corrected chi connectivity index (χ2v) is 3.50. The van der Waals surface area contributed by atoms with Crippen LogP contribution in [0.3, 0.4) is 0 Å². The van der Waals surface area contributed by atoms with Crippen LogP contribution in [-0.4, -0.2) is 17.8 Å². The average Bonchev–Trinajstić information content (AvgIpc) is 2.18. The fraction of sp³-hybridized carbons (Fsp3) is 0.455. The number of nitrogens with two attached hydrogens (primary N) is 1. The lowest BCUT2D eigenvalue weighted by Crippen LogP contribution is -2.23. The van der Waals surface area contributed by atoms with Crippen LogP contribution in [-0.2, 0) is 13.1 Å². The zero-order valence-corrected chi connectivity index (χ0v) is 8.53. The molecule has 1 aromatic carbocycles. The van der Waals surface area contributed by atoms with Gasteiger partial charge < -0.3 is 16.2 Å². The fourth-order valence-corrected chi connectivity index (χ4v) is 1.29. The summed E-state index contributed by atoms with van der Waals surface area (Å²) in [6.45, 7) is 3.74. The van der Waals surface area contributed by atoms with Gasteiger partial charge in [-0.1, -0.05) is 24.3 Å². The molecule has 0 saturated heterocycles. The van der Waals surface area contributed by atoms with Crippen LogP contribution in [0.15, 0.2) is 24.3 Å². The van der Waals surface area contributed by atoms with Crippen LogP contribution in [0.2, 0.25) is 0 Å². The summed E-state index contributed by atoms with van der Waals surface area (Å²) in [4.78, 5) is 0. The van der Waals surface area contributed by atoms with Gasteiger partial charge in [0.25, 0.3) is 0 Å². The molecule has 0 fully saturated rings. The van der Waals surface area contributed by atoms with E-state index >= 15 is 0 Å². The van der Waals surface area contributed by atoms with Crippen molar-refractivity contribution in [3.8, 4) is 0 Å². The monoisotopic (exact) mass is 194 g/mol. The van der Waals surface area contributed by atoms with Gasteiger partial charge in [0.05, 0.1) is 6.10 Å². The zero-order chi connectivity index (χ0) is 10.4. The van der Waals surface area contributed by atoms with Gasteiger partial charge in [0.15, 0.2) is 0 Å². The molecule has 1 unspecified atom stereocenters.